The van der Waals surface area contributed by atoms with Gasteiger partial charge < -0.3 is 10.4 Å². The fraction of sp³-hybridized carbons (Fsp3) is 0.500. The smallest absolute Gasteiger partial charge is 0.251 e. The molecule has 1 saturated carbocycles. The van der Waals surface area contributed by atoms with Crippen LogP contribution in [-0.4, -0.2) is 28.1 Å². The van der Waals surface area contributed by atoms with Crippen LogP contribution in [0.25, 0.3) is 0 Å². The van der Waals surface area contributed by atoms with E-state index in [0.29, 0.717) is 5.56 Å². The highest BCUT2D eigenvalue weighted by molar-refractivity contribution is 6.33. The maximum atomic E-state index is 12.0. The Labute approximate surface area is 115 Å². The molecule has 0 radical (unpaired) electrons. The summed E-state index contributed by atoms with van der Waals surface area (Å²) in [4.78, 5) is 15.8. The van der Waals surface area contributed by atoms with Crippen molar-refractivity contribution < 1.29 is 9.90 Å². The lowest BCUT2D eigenvalue weighted by atomic mass is 9.92. The van der Waals surface area contributed by atoms with Gasteiger partial charge >= 0.3 is 0 Å². The summed E-state index contributed by atoms with van der Waals surface area (Å²) in [5.74, 6) is -0.285. The molecular weight excluding hydrogens is 275 g/mol. The molecule has 18 heavy (non-hydrogen) atoms. The predicted octanol–water partition coefficient (Wildman–Crippen LogP) is 2.42. The summed E-state index contributed by atoms with van der Waals surface area (Å²) >= 11 is 11.5. The number of aliphatic hydroxyl groups excluding tert-OH is 1. The highest BCUT2D eigenvalue weighted by Crippen LogP contribution is 2.20. The number of nitrogens with zero attached hydrogens (tertiary/aromatic N) is 1. The molecule has 2 rings (SSSR count). The summed E-state index contributed by atoms with van der Waals surface area (Å²) in [6, 6.07) is 2.72. The molecule has 1 fully saturated rings. The third-order valence-corrected chi connectivity index (χ3v) is 3.46. The molecule has 0 aliphatic heterocycles. The number of pyridine rings is 1. The van der Waals surface area contributed by atoms with E-state index in [9.17, 15) is 9.90 Å². The van der Waals surface area contributed by atoms with Gasteiger partial charge in [0, 0.05) is 5.56 Å². The molecule has 2 atom stereocenters. The molecule has 1 aliphatic carbocycles. The van der Waals surface area contributed by atoms with Crippen LogP contribution in [-0.2, 0) is 0 Å². The second-order valence-electron chi connectivity index (χ2n) is 4.43. The van der Waals surface area contributed by atoms with E-state index >= 15 is 0 Å². The third-order valence-electron chi connectivity index (χ3n) is 3.07. The molecule has 4 nitrogen and oxygen atoms in total. The quantitative estimate of drug-likeness (QED) is 0.822. The number of carbonyl (C=O) groups is 1. The van der Waals surface area contributed by atoms with Crippen molar-refractivity contribution in [2.45, 2.75) is 37.8 Å². The van der Waals surface area contributed by atoms with Gasteiger partial charge in [-0.1, -0.05) is 36.0 Å². The minimum Gasteiger partial charge on any atom is -0.391 e. The lowest BCUT2D eigenvalue weighted by Crippen LogP contribution is -2.45. The number of hydrogen-bond donors (Lipinski definition) is 2. The Hall–Kier alpha value is -0.840. The van der Waals surface area contributed by atoms with Gasteiger partial charge in [-0.15, -0.1) is 0 Å². The van der Waals surface area contributed by atoms with Crippen molar-refractivity contribution in [3.8, 4) is 0 Å². The number of aromatic nitrogens is 1. The average Bonchev–Trinajstić information content (AvgIpc) is 2.31. The Bertz CT molecular complexity index is 433. The first-order chi connectivity index (χ1) is 8.56. The number of rotatable bonds is 2. The van der Waals surface area contributed by atoms with Crippen LogP contribution in [0.4, 0.5) is 0 Å². The number of nitrogens with one attached hydrogen (secondary N) is 1. The lowest BCUT2D eigenvalue weighted by molar-refractivity contribution is 0.0717. The van der Waals surface area contributed by atoms with Gasteiger partial charge in [-0.25, -0.2) is 4.98 Å². The highest BCUT2D eigenvalue weighted by Gasteiger charge is 2.25. The minimum atomic E-state index is -0.476. The van der Waals surface area contributed by atoms with Crippen molar-refractivity contribution in [3.63, 3.8) is 0 Å². The predicted molar refractivity (Wildman–Crippen MR) is 70.0 cm³/mol. The molecule has 0 spiro atoms. The first-order valence-corrected chi connectivity index (χ1v) is 6.64. The van der Waals surface area contributed by atoms with Crippen LogP contribution in [0.15, 0.2) is 12.1 Å². The zero-order valence-corrected chi connectivity index (χ0v) is 11.2. The van der Waals surface area contributed by atoms with Crippen molar-refractivity contribution in [1.29, 1.82) is 0 Å². The number of amides is 1. The molecule has 1 amide bonds. The fourth-order valence-corrected chi connectivity index (χ4v) is 2.59. The Balaban J connectivity index is 2.06. The van der Waals surface area contributed by atoms with Gasteiger partial charge in [0.2, 0.25) is 0 Å². The van der Waals surface area contributed by atoms with Gasteiger partial charge in [0.1, 0.15) is 10.3 Å². The summed E-state index contributed by atoms with van der Waals surface area (Å²) in [6.45, 7) is 0. The summed E-state index contributed by atoms with van der Waals surface area (Å²) in [6.07, 6.45) is 3.05. The minimum absolute atomic E-state index is 0.178. The van der Waals surface area contributed by atoms with Gasteiger partial charge in [0.15, 0.2) is 0 Å². The van der Waals surface area contributed by atoms with Crippen LogP contribution in [0.5, 0.6) is 0 Å². The maximum Gasteiger partial charge on any atom is 0.251 e. The Kier molecular flexibility index (Phi) is 4.43. The summed E-state index contributed by atoms with van der Waals surface area (Å²) < 4.78 is 0. The number of hydrogen-bond acceptors (Lipinski definition) is 3. The standard InChI is InChI=1S/C12H14Cl2N2O2/c13-10-5-7(6-11(14)16-10)12(18)15-8-3-1-2-4-9(8)17/h5-6,8-9,17H,1-4H2,(H,15,18). The molecule has 1 aliphatic rings. The van der Waals surface area contributed by atoms with E-state index in [0.717, 1.165) is 25.7 Å². The van der Waals surface area contributed by atoms with E-state index in [2.05, 4.69) is 10.3 Å². The van der Waals surface area contributed by atoms with Gasteiger partial charge in [0.05, 0.1) is 12.1 Å². The van der Waals surface area contributed by atoms with Crippen LogP contribution >= 0.6 is 23.2 Å². The van der Waals surface area contributed by atoms with Crippen molar-refractivity contribution in [2.75, 3.05) is 0 Å². The van der Waals surface area contributed by atoms with Crippen LogP contribution in [0.3, 0.4) is 0 Å². The van der Waals surface area contributed by atoms with Gasteiger partial charge in [0.25, 0.3) is 5.91 Å². The van der Waals surface area contributed by atoms with Crippen LogP contribution in [0.2, 0.25) is 10.3 Å². The molecule has 1 heterocycles. The molecule has 0 saturated heterocycles. The van der Waals surface area contributed by atoms with Crippen LogP contribution in [0, 0.1) is 0 Å². The van der Waals surface area contributed by atoms with Crippen LogP contribution in [0.1, 0.15) is 36.0 Å². The van der Waals surface area contributed by atoms with E-state index in [1.165, 1.54) is 12.1 Å². The Morgan fingerprint density at radius 1 is 1.28 bits per heavy atom. The molecular formula is C12H14Cl2N2O2. The van der Waals surface area contributed by atoms with E-state index in [1.54, 1.807) is 0 Å². The van der Waals surface area contributed by atoms with Gasteiger partial charge in [-0.3, -0.25) is 4.79 Å². The highest BCUT2D eigenvalue weighted by atomic mass is 35.5. The third kappa shape index (κ3) is 3.34. The second kappa shape index (κ2) is 5.87. The van der Waals surface area contributed by atoms with E-state index in [-0.39, 0.29) is 22.3 Å². The van der Waals surface area contributed by atoms with Crippen molar-refractivity contribution >= 4 is 29.1 Å². The largest absolute Gasteiger partial charge is 0.391 e. The van der Waals surface area contributed by atoms with Gasteiger partial charge in [-0.2, -0.15) is 0 Å². The zero-order chi connectivity index (χ0) is 13.1. The molecule has 98 valence electrons. The molecule has 2 N–H and O–H groups in total. The Morgan fingerprint density at radius 2 is 1.89 bits per heavy atom. The number of carbonyl (C=O) groups excluding carboxylic acids is 1. The number of aliphatic hydroxyl groups is 1. The molecule has 6 heteroatoms. The summed E-state index contributed by atoms with van der Waals surface area (Å²) in [7, 11) is 0. The average molecular weight is 289 g/mol. The fourth-order valence-electron chi connectivity index (χ4n) is 2.13. The normalized spacial score (nSPS) is 23.7. The maximum absolute atomic E-state index is 12.0. The molecule has 0 aromatic carbocycles. The summed E-state index contributed by atoms with van der Waals surface area (Å²) in [5.41, 5.74) is 0.359. The Morgan fingerprint density at radius 3 is 2.50 bits per heavy atom. The second-order valence-corrected chi connectivity index (χ2v) is 5.21. The molecule has 2 unspecified atom stereocenters. The lowest BCUT2D eigenvalue weighted by Gasteiger charge is -2.28. The molecule has 1 aromatic heterocycles. The summed E-state index contributed by atoms with van der Waals surface area (Å²) in [5, 5.41) is 13.0. The first-order valence-electron chi connectivity index (χ1n) is 5.88. The zero-order valence-electron chi connectivity index (χ0n) is 9.70. The topological polar surface area (TPSA) is 62.2 Å². The SMILES string of the molecule is O=C(NC1CCCCC1O)c1cc(Cl)nc(Cl)c1. The molecule has 0 bridgehead atoms. The monoisotopic (exact) mass is 288 g/mol. The number of halogens is 2. The van der Waals surface area contributed by atoms with Crippen molar-refractivity contribution in [3.05, 3.63) is 28.0 Å². The van der Waals surface area contributed by atoms with Crippen LogP contribution < -0.4 is 5.32 Å². The first kappa shape index (κ1) is 13.6. The van der Waals surface area contributed by atoms with E-state index in [4.69, 9.17) is 23.2 Å². The van der Waals surface area contributed by atoms with Gasteiger partial charge in [-0.05, 0) is 25.0 Å². The van der Waals surface area contributed by atoms with E-state index in [1.807, 2.05) is 0 Å². The van der Waals surface area contributed by atoms with Crippen molar-refractivity contribution in [2.24, 2.45) is 0 Å². The van der Waals surface area contributed by atoms with E-state index < -0.39 is 6.10 Å². The van der Waals surface area contributed by atoms with Crippen molar-refractivity contribution in [1.82, 2.24) is 10.3 Å². The molecule has 1 aromatic rings.